The molecular formula is C19H18F3NO. The molecule has 2 nitrogen and oxygen atoms in total. The highest BCUT2D eigenvalue weighted by atomic mass is 19.1. The smallest absolute Gasteiger partial charge is 0.158 e. The number of hydrogen-bond acceptors (Lipinski definition) is 2. The Kier molecular flexibility index (Phi) is 4.00. The summed E-state index contributed by atoms with van der Waals surface area (Å²) in [5.41, 5.74) is -1.52. The van der Waals surface area contributed by atoms with Crippen molar-refractivity contribution in [2.75, 3.05) is 0 Å². The Hall–Kier alpha value is -2.14. The van der Waals surface area contributed by atoms with Crippen molar-refractivity contribution in [2.24, 2.45) is 5.92 Å². The molecule has 1 heterocycles. The average molecular weight is 333 g/mol. The molecule has 5 heteroatoms. The summed E-state index contributed by atoms with van der Waals surface area (Å²) in [5, 5.41) is 10.2. The molecule has 0 bridgehead atoms. The molecule has 1 aliphatic carbocycles. The quantitative estimate of drug-likeness (QED) is 0.870. The molecule has 0 amide bonds. The van der Waals surface area contributed by atoms with Gasteiger partial charge in [0, 0.05) is 5.56 Å². The monoisotopic (exact) mass is 333 g/mol. The molecule has 1 N–H and O–H groups in total. The lowest BCUT2D eigenvalue weighted by Gasteiger charge is -2.23. The zero-order valence-electron chi connectivity index (χ0n) is 13.5. The van der Waals surface area contributed by atoms with Crippen molar-refractivity contribution in [2.45, 2.75) is 32.3 Å². The maximum atomic E-state index is 14.9. The number of benzene rings is 1. The molecule has 1 saturated carbocycles. The zero-order valence-corrected chi connectivity index (χ0v) is 13.5. The van der Waals surface area contributed by atoms with Gasteiger partial charge in [0.15, 0.2) is 11.6 Å². The normalized spacial score (nSPS) is 14.8. The van der Waals surface area contributed by atoms with Gasteiger partial charge < -0.3 is 5.11 Å². The molecule has 1 fully saturated rings. The van der Waals surface area contributed by atoms with Gasteiger partial charge in [0.2, 0.25) is 0 Å². The Labute approximate surface area is 138 Å². The zero-order chi connectivity index (χ0) is 17.6. The summed E-state index contributed by atoms with van der Waals surface area (Å²) in [7, 11) is 0. The first kappa shape index (κ1) is 16.7. The number of nitrogens with zero attached hydrogens (tertiary/aromatic N) is 1. The Morgan fingerprint density at radius 2 is 1.71 bits per heavy atom. The number of aromatic nitrogens is 1. The van der Waals surface area contributed by atoms with Crippen molar-refractivity contribution < 1.29 is 18.3 Å². The number of aliphatic hydroxyl groups is 1. The number of halogens is 3. The average Bonchev–Trinajstić information content (AvgIpc) is 3.31. The summed E-state index contributed by atoms with van der Waals surface area (Å²) in [6, 6.07) is 5.10. The van der Waals surface area contributed by atoms with E-state index in [0.717, 1.165) is 12.8 Å². The van der Waals surface area contributed by atoms with Gasteiger partial charge in [-0.25, -0.2) is 18.2 Å². The van der Waals surface area contributed by atoms with Gasteiger partial charge in [0.25, 0.3) is 0 Å². The molecule has 0 spiro atoms. The van der Waals surface area contributed by atoms with Gasteiger partial charge in [-0.1, -0.05) is 6.58 Å². The molecule has 0 aliphatic heterocycles. The van der Waals surface area contributed by atoms with Crippen LogP contribution in [0.5, 0.6) is 0 Å². The lowest BCUT2D eigenvalue weighted by atomic mass is 9.92. The fourth-order valence-electron chi connectivity index (χ4n) is 2.72. The van der Waals surface area contributed by atoms with Crippen LogP contribution in [-0.2, 0) is 5.60 Å². The van der Waals surface area contributed by atoms with Gasteiger partial charge in [-0.15, -0.1) is 0 Å². The fraction of sp³-hybridized carbons (Fsp3) is 0.316. The topological polar surface area (TPSA) is 33.1 Å². The molecule has 3 rings (SSSR count). The van der Waals surface area contributed by atoms with Crippen LogP contribution in [0.25, 0.3) is 16.8 Å². The standard InChI is InChI=1S/C19H18F3NO/c1-10(11-4-5-11)17-15(21)14(19(2,3)24)16(22)18(23-17)12-6-8-13(20)9-7-12/h6-9,11,24H,1,4-5H2,2-3H3. The molecule has 126 valence electrons. The highest BCUT2D eigenvalue weighted by Gasteiger charge is 2.34. The van der Waals surface area contributed by atoms with Crippen LogP contribution in [-0.4, -0.2) is 10.1 Å². The van der Waals surface area contributed by atoms with Crippen LogP contribution in [0, 0.1) is 23.4 Å². The minimum absolute atomic E-state index is 0.0321. The van der Waals surface area contributed by atoms with Gasteiger partial charge in [-0.2, -0.15) is 0 Å². The third kappa shape index (κ3) is 2.96. The number of hydrogen-bond donors (Lipinski definition) is 1. The van der Waals surface area contributed by atoms with Gasteiger partial charge in [0.1, 0.15) is 17.2 Å². The Morgan fingerprint density at radius 1 is 1.12 bits per heavy atom. The SMILES string of the molecule is C=C(c1nc(-c2ccc(F)cc2)c(F)c(C(C)(C)O)c1F)C1CC1. The van der Waals surface area contributed by atoms with Crippen LogP contribution < -0.4 is 0 Å². The van der Waals surface area contributed by atoms with Crippen molar-refractivity contribution >= 4 is 5.57 Å². The van der Waals surface area contributed by atoms with E-state index in [0.29, 0.717) is 11.1 Å². The Morgan fingerprint density at radius 3 is 2.21 bits per heavy atom. The summed E-state index contributed by atoms with van der Waals surface area (Å²) in [6.07, 6.45) is 1.78. The first-order chi connectivity index (χ1) is 11.2. The Balaban J connectivity index is 2.26. The molecule has 0 unspecified atom stereocenters. The van der Waals surface area contributed by atoms with Gasteiger partial charge in [0.05, 0.1) is 11.2 Å². The van der Waals surface area contributed by atoms with Crippen LogP contribution in [0.3, 0.4) is 0 Å². The van der Waals surface area contributed by atoms with Crippen molar-refractivity contribution in [3.63, 3.8) is 0 Å². The summed E-state index contributed by atoms with van der Waals surface area (Å²) < 4.78 is 42.9. The van der Waals surface area contributed by atoms with Gasteiger partial charge >= 0.3 is 0 Å². The van der Waals surface area contributed by atoms with Crippen LogP contribution in [0.4, 0.5) is 13.2 Å². The minimum atomic E-state index is -1.73. The predicted octanol–water partition coefficient (Wildman–Crippen LogP) is 4.82. The van der Waals surface area contributed by atoms with Crippen molar-refractivity contribution in [3.8, 4) is 11.3 Å². The second-order valence-electron chi connectivity index (χ2n) is 6.68. The van der Waals surface area contributed by atoms with E-state index in [1.807, 2.05) is 0 Å². The molecule has 1 aromatic heterocycles. The molecule has 0 radical (unpaired) electrons. The van der Waals surface area contributed by atoms with Gasteiger partial charge in [-0.05, 0) is 62.4 Å². The summed E-state index contributed by atoms with van der Waals surface area (Å²) in [5.74, 6) is -2.17. The van der Waals surface area contributed by atoms with Crippen LogP contribution in [0.1, 0.15) is 37.9 Å². The lowest BCUT2D eigenvalue weighted by Crippen LogP contribution is -2.22. The number of allylic oxidation sites excluding steroid dienone is 1. The summed E-state index contributed by atoms with van der Waals surface area (Å²) in [6.45, 7) is 6.51. The van der Waals surface area contributed by atoms with E-state index in [-0.39, 0.29) is 17.3 Å². The van der Waals surface area contributed by atoms with E-state index in [4.69, 9.17) is 0 Å². The number of rotatable bonds is 4. The number of pyridine rings is 1. The first-order valence-electron chi connectivity index (χ1n) is 7.77. The molecular weight excluding hydrogens is 315 g/mol. The maximum absolute atomic E-state index is 14.9. The third-order valence-corrected chi connectivity index (χ3v) is 4.18. The lowest BCUT2D eigenvalue weighted by molar-refractivity contribution is 0.0700. The molecule has 0 atom stereocenters. The van der Waals surface area contributed by atoms with Crippen LogP contribution in [0.15, 0.2) is 30.8 Å². The Bertz CT molecular complexity index is 803. The van der Waals surface area contributed by atoms with E-state index >= 15 is 0 Å². The fourth-order valence-corrected chi connectivity index (χ4v) is 2.72. The van der Waals surface area contributed by atoms with Crippen LogP contribution >= 0.6 is 0 Å². The molecule has 2 aromatic rings. The van der Waals surface area contributed by atoms with E-state index in [2.05, 4.69) is 11.6 Å². The largest absolute Gasteiger partial charge is 0.386 e. The molecule has 1 aliphatic rings. The third-order valence-electron chi connectivity index (χ3n) is 4.18. The highest BCUT2D eigenvalue weighted by Crippen LogP contribution is 2.43. The van der Waals surface area contributed by atoms with E-state index in [1.54, 1.807) is 0 Å². The van der Waals surface area contributed by atoms with E-state index in [1.165, 1.54) is 38.1 Å². The second kappa shape index (κ2) is 5.74. The maximum Gasteiger partial charge on any atom is 0.158 e. The second-order valence-corrected chi connectivity index (χ2v) is 6.68. The summed E-state index contributed by atoms with van der Waals surface area (Å²) in [4.78, 5) is 4.12. The van der Waals surface area contributed by atoms with E-state index < -0.39 is 28.6 Å². The molecule has 0 saturated heterocycles. The van der Waals surface area contributed by atoms with Crippen molar-refractivity contribution in [1.82, 2.24) is 4.98 Å². The van der Waals surface area contributed by atoms with Crippen LogP contribution in [0.2, 0.25) is 0 Å². The summed E-state index contributed by atoms with van der Waals surface area (Å²) >= 11 is 0. The van der Waals surface area contributed by atoms with E-state index in [9.17, 15) is 18.3 Å². The first-order valence-corrected chi connectivity index (χ1v) is 7.77. The van der Waals surface area contributed by atoms with Gasteiger partial charge in [-0.3, -0.25) is 0 Å². The highest BCUT2D eigenvalue weighted by molar-refractivity contribution is 5.70. The van der Waals surface area contributed by atoms with Crippen molar-refractivity contribution in [3.05, 3.63) is 59.6 Å². The minimum Gasteiger partial charge on any atom is -0.386 e. The molecule has 24 heavy (non-hydrogen) atoms. The molecule has 1 aromatic carbocycles. The van der Waals surface area contributed by atoms with Crippen molar-refractivity contribution in [1.29, 1.82) is 0 Å². The predicted molar refractivity (Wildman–Crippen MR) is 86.5 cm³/mol.